The molecule has 1 aromatic carbocycles. The highest BCUT2D eigenvalue weighted by atomic mass is 32.2. The molecule has 0 atom stereocenters. The Kier molecular flexibility index (Phi) is 7.65. The third-order valence-corrected chi connectivity index (χ3v) is 5.66. The molecule has 0 aliphatic heterocycles. The smallest absolute Gasteiger partial charge is 0.335 e. The second kappa shape index (κ2) is 9.75. The number of unbranched alkanes of at least 4 members (excludes halogenated alkanes) is 2. The predicted molar refractivity (Wildman–Crippen MR) is 110 cm³/mol. The Morgan fingerprint density at radius 2 is 1.82 bits per heavy atom. The van der Waals surface area contributed by atoms with Crippen LogP contribution in [0, 0.1) is 0 Å². The van der Waals surface area contributed by atoms with Crippen molar-refractivity contribution in [1.29, 1.82) is 0 Å². The number of carboxylic acid groups (broad SMARTS) is 1. The van der Waals surface area contributed by atoms with Crippen LogP contribution in [-0.4, -0.2) is 37.6 Å². The molecule has 0 bridgehead atoms. The summed E-state index contributed by atoms with van der Waals surface area (Å²) in [6, 6.07) is 4.61. The van der Waals surface area contributed by atoms with Gasteiger partial charge in [-0.1, -0.05) is 26.7 Å². The number of anilines is 1. The topological polar surface area (TPSA) is 116 Å². The SMILES string of the molecule is CCCCN(CCCC)c1cc(C(=O)O)cc(S(N)(=O)=O)c1Cc1cc[nH]c1. The van der Waals surface area contributed by atoms with Gasteiger partial charge in [-0.15, -0.1) is 0 Å². The molecule has 0 radical (unpaired) electrons. The molecule has 0 saturated heterocycles. The highest BCUT2D eigenvalue weighted by Gasteiger charge is 2.24. The normalized spacial score (nSPS) is 11.5. The van der Waals surface area contributed by atoms with E-state index in [4.69, 9.17) is 5.14 Å². The van der Waals surface area contributed by atoms with Gasteiger partial charge in [0.15, 0.2) is 0 Å². The second-order valence-electron chi connectivity index (χ2n) is 6.91. The number of nitrogens with two attached hydrogens (primary N) is 1. The summed E-state index contributed by atoms with van der Waals surface area (Å²) >= 11 is 0. The molecule has 0 amide bonds. The highest BCUT2D eigenvalue weighted by molar-refractivity contribution is 7.89. The monoisotopic (exact) mass is 407 g/mol. The predicted octanol–water partition coefficient (Wildman–Crippen LogP) is 3.36. The van der Waals surface area contributed by atoms with Gasteiger partial charge in [-0.3, -0.25) is 0 Å². The quantitative estimate of drug-likeness (QED) is 0.528. The molecular formula is C20H29N3O4S. The average molecular weight is 408 g/mol. The summed E-state index contributed by atoms with van der Waals surface area (Å²) in [4.78, 5) is 16.6. The number of carboxylic acids is 1. The maximum absolute atomic E-state index is 12.3. The Morgan fingerprint density at radius 3 is 2.29 bits per heavy atom. The molecule has 28 heavy (non-hydrogen) atoms. The van der Waals surface area contributed by atoms with E-state index < -0.39 is 16.0 Å². The number of aromatic amines is 1. The lowest BCUT2D eigenvalue weighted by Gasteiger charge is -2.28. The van der Waals surface area contributed by atoms with E-state index in [1.54, 1.807) is 18.5 Å². The molecule has 1 heterocycles. The molecule has 1 aromatic heterocycles. The van der Waals surface area contributed by atoms with Crippen LogP contribution in [0.1, 0.15) is 61.0 Å². The minimum Gasteiger partial charge on any atom is -0.478 e. The van der Waals surface area contributed by atoms with E-state index in [1.165, 1.54) is 6.07 Å². The molecule has 0 fully saturated rings. The largest absolute Gasteiger partial charge is 0.478 e. The van der Waals surface area contributed by atoms with Crippen LogP contribution >= 0.6 is 0 Å². The number of H-pyrrole nitrogens is 1. The first-order valence-electron chi connectivity index (χ1n) is 9.57. The van der Waals surface area contributed by atoms with Crippen LogP contribution in [0.4, 0.5) is 5.69 Å². The van der Waals surface area contributed by atoms with E-state index in [0.29, 0.717) is 17.7 Å². The molecule has 2 aromatic rings. The molecule has 0 saturated carbocycles. The van der Waals surface area contributed by atoms with Gasteiger partial charge in [0.2, 0.25) is 10.0 Å². The molecule has 4 N–H and O–H groups in total. The fraction of sp³-hybridized carbons (Fsp3) is 0.450. The lowest BCUT2D eigenvalue weighted by atomic mass is 10.0. The van der Waals surface area contributed by atoms with Crippen molar-refractivity contribution in [1.82, 2.24) is 4.98 Å². The van der Waals surface area contributed by atoms with Crippen molar-refractivity contribution in [3.05, 3.63) is 47.3 Å². The molecule has 0 aliphatic rings. The van der Waals surface area contributed by atoms with Crippen molar-refractivity contribution in [2.45, 2.75) is 50.8 Å². The third-order valence-electron chi connectivity index (χ3n) is 4.69. The van der Waals surface area contributed by atoms with Crippen LogP contribution in [0.2, 0.25) is 0 Å². The molecule has 0 spiro atoms. The highest BCUT2D eigenvalue weighted by Crippen LogP contribution is 2.32. The summed E-state index contributed by atoms with van der Waals surface area (Å²) in [5, 5.41) is 15.0. The Bertz CT molecular complexity index is 884. The molecule has 154 valence electrons. The first kappa shape index (κ1) is 22.0. The first-order valence-corrected chi connectivity index (χ1v) is 11.1. The van der Waals surface area contributed by atoms with Gasteiger partial charge in [0.05, 0.1) is 10.5 Å². The summed E-state index contributed by atoms with van der Waals surface area (Å²) < 4.78 is 24.6. The molecule has 0 unspecified atom stereocenters. The number of nitrogens with one attached hydrogen (secondary N) is 1. The third kappa shape index (κ3) is 5.59. The lowest BCUT2D eigenvalue weighted by Crippen LogP contribution is -2.28. The van der Waals surface area contributed by atoms with Gasteiger partial charge in [0.1, 0.15) is 0 Å². The second-order valence-corrected chi connectivity index (χ2v) is 8.44. The van der Waals surface area contributed by atoms with Crippen molar-refractivity contribution in [2.24, 2.45) is 5.14 Å². The summed E-state index contributed by atoms with van der Waals surface area (Å²) in [6.45, 7) is 5.62. The molecule has 0 aliphatic carbocycles. The van der Waals surface area contributed by atoms with E-state index >= 15 is 0 Å². The van der Waals surface area contributed by atoms with Crippen LogP contribution in [0.3, 0.4) is 0 Å². The van der Waals surface area contributed by atoms with Gasteiger partial charge < -0.3 is 15.0 Å². The van der Waals surface area contributed by atoms with Gasteiger partial charge in [-0.25, -0.2) is 18.4 Å². The van der Waals surface area contributed by atoms with Crippen LogP contribution in [-0.2, 0) is 16.4 Å². The number of nitrogens with zero attached hydrogens (tertiary/aromatic N) is 1. The van der Waals surface area contributed by atoms with Crippen molar-refractivity contribution >= 4 is 21.7 Å². The Hall–Kier alpha value is -2.32. The average Bonchev–Trinajstić information content (AvgIpc) is 3.14. The van der Waals surface area contributed by atoms with Crippen LogP contribution in [0.5, 0.6) is 0 Å². The van der Waals surface area contributed by atoms with Crippen molar-refractivity contribution in [3.8, 4) is 0 Å². The number of hydrogen-bond donors (Lipinski definition) is 3. The van der Waals surface area contributed by atoms with Gasteiger partial charge in [0.25, 0.3) is 0 Å². The van der Waals surface area contributed by atoms with Gasteiger partial charge in [0, 0.05) is 37.6 Å². The summed E-state index contributed by atoms with van der Waals surface area (Å²) in [5.74, 6) is -1.18. The Balaban J connectivity index is 2.69. The number of aromatic carboxylic acids is 1. The minimum atomic E-state index is -4.09. The minimum absolute atomic E-state index is 0.0742. The standard InChI is InChI=1S/C20H29N3O4S/c1-3-5-9-23(10-6-4-2)18-12-16(20(24)25)13-19(28(21,26)27)17(18)11-15-7-8-22-14-15/h7-8,12-14,22H,3-6,9-11H2,1-2H3,(H,24,25)(H2,21,26,27). The van der Waals surface area contributed by atoms with E-state index in [9.17, 15) is 18.3 Å². The van der Waals surface area contributed by atoms with Crippen molar-refractivity contribution in [2.75, 3.05) is 18.0 Å². The summed E-state index contributed by atoms with van der Waals surface area (Å²) in [5.41, 5.74) is 2.00. The van der Waals surface area contributed by atoms with E-state index in [-0.39, 0.29) is 10.5 Å². The number of sulfonamides is 1. The zero-order valence-electron chi connectivity index (χ0n) is 16.4. The number of primary sulfonamides is 1. The van der Waals surface area contributed by atoms with Gasteiger partial charge in [-0.2, -0.15) is 0 Å². The van der Waals surface area contributed by atoms with Crippen LogP contribution < -0.4 is 10.0 Å². The molecule has 8 heteroatoms. The van der Waals surface area contributed by atoms with Crippen LogP contribution in [0.15, 0.2) is 35.5 Å². The number of carbonyl (C=O) groups is 1. The maximum atomic E-state index is 12.3. The Labute approximate surface area is 166 Å². The number of benzene rings is 1. The number of hydrogen-bond acceptors (Lipinski definition) is 4. The van der Waals surface area contributed by atoms with E-state index in [2.05, 4.69) is 23.7 Å². The Morgan fingerprint density at radius 1 is 1.18 bits per heavy atom. The molecular weight excluding hydrogens is 378 g/mol. The lowest BCUT2D eigenvalue weighted by molar-refractivity contribution is 0.0696. The number of rotatable bonds is 11. The molecule has 2 rings (SSSR count). The summed E-state index contributed by atoms with van der Waals surface area (Å²) in [6.07, 6.45) is 7.73. The van der Waals surface area contributed by atoms with Crippen molar-refractivity contribution in [3.63, 3.8) is 0 Å². The van der Waals surface area contributed by atoms with Crippen molar-refractivity contribution < 1.29 is 18.3 Å². The fourth-order valence-electron chi connectivity index (χ4n) is 3.19. The van der Waals surface area contributed by atoms with Gasteiger partial charge in [-0.05, 0) is 42.2 Å². The fourth-order valence-corrected chi connectivity index (χ4v) is 4.00. The maximum Gasteiger partial charge on any atom is 0.335 e. The number of aromatic nitrogens is 1. The van der Waals surface area contributed by atoms with E-state index in [1.807, 2.05) is 6.07 Å². The van der Waals surface area contributed by atoms with Crippen LogP contribution in [0.25, 0.3) is 0 Å². The van der Waals surface area contributed by atoms with Gasteiger partial charge >= 0.3 is 5.97 Å². The zero-order chi connectivity index (χ0) is 20.7. The first-order chi connectivity index (χ1) is 13.3. The molecule has 7 nitrogen and oxygen atoms in total. The summed E-state index contributed by atoms with van der Waals surface area (Å²) in [7, 11) is -4.09. The zero-order valence-corrected chi connectivity index (χ0v) is 17.3. The van der Waals surface area contributed by atoms with E-state index in [0.717, 1.165) is 44.3 Å².